The summed E-state index contributed by atoms with van der Waals surface area (Å²) in [6, 6.07) is 16.5. The molecule has 6 nitrogen and oxygen atoms in total. The molecular formula is C19H17N3O3S2. The summed E-state index contributed by atoms with van der Waals surface area (Å²) >= 11 is 1.51. The summed E-state index contributed by atoms with van der Waals surface area (Å²) in [5.74, 6) is -0.379. The van der Waals surface area contributed by atoms with Gasteiger partial charge >= 0.3 is 0 Å². The second-order valence-corrected chi connectivity index (χ2v) is 8.37. The van der Waals surface area contributed by atoms with Gasteiger partial charge in [0.15, 0.2) is 0 Å². The van der Waals surface area contributed by atoms with Crippen LogP contribution in [0.25, 0.3) is 0 Å². The zero-order chi connectivity index (χ0) is 19.3. The van der Waals surface area contributed by atoms with Gasteiger partial charge in [-0.25, -0.2) is 13.8 Å². The number of amides is 1. The van der Waals surface area contributed by atoms with E-state index in [0.717, 1.165) is 10.4 Å². The number of carbonyl (C=O) groups excluding carboxylic acids is 1. The minimum absolute atomic E-state index is 0.179. The van der Waals surface area contributed by atoms with Crippen LogP contribution >= 0.6 is 11.3 Å². The Bertz CT molecular complexity index is 1040. The zero-order valence-electron chi connectivity index (χ0n) is 14.4. The van der Waals surface area contributed by atoms with Gasteiger partial charge in [-0.05, 0) is 54.8 Å². The molecule has 2 N–H and O–H groups in total. The molecule has 0 radical (unpaired) electrons. The van der Waals surface area contributed by atoms with Crippen LogP contribution in [0, 0.1) is 6.92 Å². The van der Waals surface area contributed by atoms with E-state index < -0.39 is 10.0 Å². The van der Waals surface area contributed by atoms with Crippen LogP contribution in [-0.4, -0.2) is 20.5 Å². The summed E-state index contributed by atoms with van der Waals surface area (Å²) in [5, 5.41) is 5.81. The zero-order valence-corrected chi connectivity index (χ0v) is 16.0. The van der Waals surface area contributed by atoms with Crippen molar-refractivity contribution in [2.45, 2.75) is 11.8 Å². The third-order valence-corrected chi connectivity index (χ3v) is 5.84. The number of anilines is 1. The fraction of sp³-hybridized carbons (Fsp3) is 0.0526. The average molecular weight is 399 g/mol. The molecule has 2 aromatic carbocycles. The Hall–Kier alpha value is -2.97. The van der Waals surface area contributed by atoms with Crippen molar-refractivity contribution in [2.24, 2.45) is 5.10 Å². The Morgan fingerprint density at radius 1 is 1.04 bits per heavy atom. The van der Waals surface area contributed by atoms with Crippen molar-refractivity contribution in [1.82, 2.24) is 5.43 Å². The van der Waals surface area contributed by atoms with Gasteiger partial charge in [-0.3, -0.25) is 9.52 Å². The highest BCUT2D eigenvalue weighted by molar-refractivity contribution is 7.92. The lowest BCUT2D eigenvalue weighted by molar-refractivity contribution is 0.0955. The van der Waals surface area contributed by atoms with Gasteiger partial charge in [0.25, 0.3) is 15.9 Å². The first-order valence-electron chi connectivity index (χ1n) is 8.00. The Kier molecular flexibility index (Phi) is 5.68. The summed E-state index contributed by atoms with van der Waals surface area (Å²) in [5.41, 5.74) is 4.15. The molecule has 0 bridgehead atoms. The van der Waals surface area contributed by atoms with Gasteiger partial charge in [-0.2, -0.15) is 5.10 Å². The van der Waals surface area contributed by atoms with Crippen LogP contribution in [0.3, 0.4) is 0 Å². The highest BCUT2D eigenvalue weighted by Crippen LogP contribution is 2.17. The first-order chi connectivity index (χ1) is 12.9. The molecule has 27 heavy (non-hydrogen) atoms. The normalized spacial score (nSPS) is 11.4. The van der Waals surface area contributed by atoms with Crippen LogP contribution in [0.15, 0.2) is 76.0 Å². The second kappa shape index (κ2) is 8.15. The molecule has 0 saturated heterocycles. The highest BCUT2D eigenvalue weighted by atomic mass is 32.2. The van der Waals surface area contributed by atoms with E-state index in [1.165, 1.54) is 35.6 Å². The minimum Gasteiger partial charge on any atom is -0.280 e. The molecule has 1 aromatic heterocycles. The molecule has 8 heteroatoms. The molecule has 138 valence electrons. The third-order valence-electron chi connectivity index (χ3n) is 3.63. The fourth-order valence-electron chi connectivity index (χ4n) is 2.20. The number of nitrogens with zero attached hydrogens (tertiary/aromatic N) is 1. The number of hydrazone groups is 1. The largest absolute Gasteiger partial charge is 0.280 e. The Morgan fingerprint density at radius 2 is 1.74 bits per heavy atom. The van der Waals surface area contributed by atoms with Crippen molar-refractivity contribution < 1.29 is 13.2 Å². The van der Waals surface area contributed by atoms with Crippen LogP contribution in [-0.2, 0) is 10.0 Å². The molecule has 0 fully saturated rings. The number of nitrogens with one attached hydrogen (secondary N) is 2. The van der Waals surface area contributed by atoms with Crippen LogP contribution in [0.5, 0.6) is 0 Å². The SMILES string of the molecule is Cc1ccc(S(=O)(=O)Nc2ccc(C(=O)N/N=C/c3cccs3)cc2)cc1. The Morgan fingerprint density at radius 3 is 2.37 bits per heavy atom. The van der Waals surface area contributed by atoms with Crippen molar-refractivity contribution >= 4 is 39.2 Å². The predicted octanol–water partition coefficient (Wildman–Crippen LogP) is 3.62. The molecule has 0 unspecified atom stereocenters. The first kappa shape index (κ1) is 18.8. The quantitative estimate of drug-likeness (QED) is 0.490. The lowest BCUT2D eigenvalue weighted by atomic mass is 10.2. The molecule has 0 aliphatic heterocycles. The number of rotatable bonds is 6. The number of thiophene rings is 1. The monoisotopic (exact) mass is 399 g/mol. The molecule has 1 amide bonds. The van der Waals surface area contributed by atoms with Crippen molar-refractivity contribution in [3.05, 3.63) is 82.0 Å². The Labute approximate surface area is 161 Å². The first-order valence-corrected chi connectivity index (χ1v) is 10.4. The second-order valence-electron chi connectivity index (χ2n) is 5.71. The number of hydrogen-bond acceptors (Lipinski definition) is 5. The maximum atomic E-state index is 12.4. The molecule has 3 aromatic rings. The Balaban J connectivity index is 1.64. The van der Waals surface area contributed by atoms with Gasteiger partial charge in [0.1, 0.15) is 0 Å². The fourth-order valence-corrected chi connectivity index (χ4v) is 3.85. The summed E-state index contributed by atoms with van der Waals surface area (Å²) < 4.78 is 27.2. The van der Waals surface area contributed by atoms with Gasteiger partial charge in [0.2, 0.25) is 0 Å². The van der Waals surface area contributed by atoms with E-state index in [-0.39, 0.29) is 10.8 Å². The molecule has 1 heterocycles. The van der Waals surface area contributed by atoms with Crippen LogP contribution in [0.1, 0.15) is 20.8 Å². The van der Waals surface area contributed by atoms with Crippen LogP contribution < -0.4 is 10.1 Å². The smallest absolute Gasteiger partial charge is 0.271 e. The molecule has 0 aliphatic rings. The predicted molar refractivity (Wildman–Crippen MR) is 108 cm³/mol. The molecule has 0 aliphatic carbocycles. The summed E-state index contributed by atoms with van der Waals surface area (Å²) in [6.07, 6.45) is 1.56. The molecule has 0 saturated carbocycles. The molecule has 3 rings (SSSR count). The number of sulfonamides is 1. The summed E-state index contributed by atoms with van der Waals surface area (Å²) in [6.45, 7) is 1.89. The van der Waals surface area contributed by atoms with E-state index in [1.807, 2.05) is 24.4 Å². The van der Waals surface area contributed by atoms with E-state index in [0.29, 0.717) is 11.3 Å². The minimum atomic E-state index is -3.68. The van der Waals surface area contributed by atoms with E-state index in [4.69, 9.17) is 0 Å². The molecule has 0 atom stereocenters. The van der Waals surface area contributed by atoms with Gasteiger partial charge < -0.3 is 0 Å². The highest BCUT2D eigenvalue weighted by Gasteiger charge is 2.14. The van der Waals surface area contributed by atoms with Crippen molar-refractivity contribution in [3.63, 3.8) is 0 Å². The third kappa shape index (κ3) is 5.02. The molecular weight excluding hydrogens is 382 g/mol. The maximum Gasteiger partial charge on any atom is 0.271 e. The molecule has 0 spiro atoms. The number of hydrogen-bond donors (Lipinski definition) is 2. The van der Waals surface area contributed by atoms with Crippen molar-refractivity contribution in [2.75, 3.05) is 4.72 Å². The van der Waals surface area contributed by atoms with E-state index >= 15 is 0 Å². The maximum absolute atomic E-state index is 12.4. The lowest BCUT2D eigenvalue weighted by Gasteiger charge is -2.09. The van der Waals surface area contributed by atoms with E-state index in [9.17, 15) is 13.2 Å². The van der Waals surface area contributed by atoms with Crippen LogP contribution in [0.2, 0.25) is 0 Å². The lowest BCUT2D eigenvalue weighted by Crippen LogP contribution is -2.17. The van der Waals surface area contributed by atoms with Gasteiger partial charge in [-0.1, -0.05) is 23.8 Å². The van der Waals surface area contributed by atoms with Gasteiger partial charge in [0.05, 0.1) is 11.1 Å². The summed E-state index contributed by atoms with van der Waals surface area (Å²) in [4.78, 5) is 13.2. The van der Waals surface area contributed by atoms with Gasteiger partial charge in [0, 0.05) is 16.1 Å². The van der Waals surface area contributed by atoms with Crippen molar-refractivity contribution in [1.29, 1.82) is 0 Å². The van der Waals surface area contributed by atoms with Crippen LogP contribution in [0.4, 0.5) is 5.69 Å². The summed E-state index contributed by atoms with van der Waals surface area (Å²) in [7, 11) is -3.68. The van der Waals surface area contributed by atoms with E-state index in [1.54, 1.807) is 30.5 Å². The number of aryl methyl sites for hydroxylation is 1. The number of carbonyl (C=O) groups is 1. The van der Waals surface area contributed by atoms with E-state index in [2.05, 4.69) is 15.2 Å². The van der Waals surface area contributed by atoms with Crippen molar-refractivity contribution in [3.8, 4) is 0 Å². The average Bonchev–Trinajstić information content (AvgIpc) is 3.16. The topological polar surface area (TPSA) is 87.6 Å². The number of benzene rings is 2. The standard InChI is InChI=1S/C19H17N3O3S2/c1-14-4-10-18(11-5-14)27(24,25)22-16-8-6-15(7-9-16)19(23)21-20-13-17-3-2-12-26-17/h2-13,22H,1H3,(H,21,23)/b20-13+. The van der Waals surface area contributed by atoms with Gasteiger partial charge in [-0.15, -0.1) is 11.3 Å².